The summed E-state index contributed by atoms with van der Waals surface area (Å²) < 4.78 is 1.57. The molecule has 0 atom stereocenters. The van der Waals surface area contributed by atoms with Crippen LogP contribution < -0.4 is 10.9 Å². The van der Waals surface area contributed by atoms with Gasteiger partial charge in [-0.05, 0) is 32.3 Å². The van der Waals surface area contributed by atoms with Gasteiger partial charge in [-0.3, -0.25) is 4.79 Å². The van der Waals surface area contributed by atoms with Gasteiger partial charge in [0.05, 0.1) is 17.9 Å². The third-order valence-electron chi connectivity index (χ3n) is 3.59. The van der Waals surface area contributed by atoms with Gasteiger partial charge in [0.15, 0.2) is 0 Å². The number of benzene rings is 1. The Labute approximate surface area is 118 Å². The minimum Gasteiger partial charge on any atom is -0.383 e. The molecule has 2 aromatic rings. The first-order chi connectivity index (χ1) is 9.61. The predicted octanol–water partition coefficient (Wildman–Crippen LogP) is 2.27. The second-order valence-corrected chi connectivity index (χ2v) is 5.53. The highest BCUT2D eigenvalue weighted by Crippen LogP contribution is 2.17. The van der Waals surface area contributed by atoms with Crippen LogP contribution in [0.3, 0.4) is 0 Å². The molecule has 0 aliphatic carbocycles. The smallest absolute Gasteiger partial charge is 0.269 e. The normalized spacial score (nSPS) is 13.7. The molecule has 0 amide bonds. The van der Waals surface area contributed by atoms with Crippen molar-refractivity contribution in [3.63, 3.8) is 0 Å². The highest BCUT2D eigenvalue weighted by Gasteiger charge is 2.12. The first-order valence-electron chi connectivity index (χ1n) is 7.04. The summed E-state index contributed by atoms with van der Waals surface area (Å²) in [6, 6.07) is 8.03. The molecule has 0 radical (unpaired) electrons. The van der Waals surface area contributed by atoms with Crippen molar-refractivity contribution in [3.8, 4) is 0 Å². The van der Waals surface area contributed by atoms with Crippen molar-refractivity contribution in [2.24, 2.45) is 0 Å². The van der Waals surface area contributed by atoms with Gasteiger partial charge in [0.1, 0.15) is 0 Å². The summed E-state index contributed by atoms with van der Waals surface area (Å²) in [5.74, 6) is 0. The molecule has 0 saturated carbocycles. The Kier molecular flexibility index (Phi) is 3.30. The van der Waals surface area contributed by atoms with Crippen molar-refractivity contribution >= 4 is 5.69 Å². The third kappa shape index (κ3) is 2.59. The molecule has 1 aromatic carbocycles. The average Bonchev–Trinajstić information content (AvgIpc) is 2.38. The van der Waals surface area contributed by atoms with Gasteiger partial charge in [0.2, 0.25) is 0 Å². The van der Waals surface area contributed by atoms with Crippen LogP contribution in [0.5, 0.6) is 0 Å². The maximum absolute atomic E-state index is 12.1. The van der Waals surface area contributed by atoms with Crippen molar-refractivity contribution in [3.05, 3.63) is 57.0 Å². The zero-order chi connectivity index (χ0) is 14.1. The van der Waals surface area contributed by atoms with Gasteiger partial charge in [0, 0.05) is 12.6 Å². The maximum atomic E-state index is 12.1. The van der Waals surface area contributed by atoms with Crippen molar-refractivity contribution in [1.29, 1.82) is 0 Å². The second kappa shape index (κ2) is 5.12. The molecule has 0 unspecified atom stereocenters. The summed E-state index contributed by atoms with van der Waals surface area (Å²) in [4.78, 5) is 12.1. The topological polar surface area (TPSA) is 46.9 Å². The number of hydrogen-bond donors (Lipinski definition) is 1. The van der Waals surface area contributed by atoms with E-state index in [-0.39, 0.29) is 5.56 Å². The van der Waals surface area contributed by atoms with Gasteiger partial charge in [-0.2, -0.15) is 5.10 Å². The Balaban J connectivity index is 1.96. The van der Waals surface area contributed by atoms with Crippen LogP contribution in [0, 0.1) is 13.8 Å². The van der Waals surface area contributed by atoms with Gasteiger partial charge in [-0.25, -0.2) is 4.68 Å². The summed E-state index contributed by atoms with van der Waals surface area (Å²) in [5, 5.41) is 7.75. The zero-order valence-electron chi connectivity index (χ0n) is 11.9. The van der Waals surface area contributed by atoms with Crippen LogP contribution in [0.4, 0.5) is 5.69 Å². The van der Waals surface area contributed by atoms with Gasteiger partial charge in [0.25, 0.3) is 5.56 Å². The van der Waals surface area contributed by atoms with Crippen molar-refractivity contribution in [2.45, 2.75) is 33.2 Å². The molecular weight excluding hydrogens is 250 g/mol. The summed E-state index contributed by atoms with van der Waals surface area (Å²) in [5.41, 5.74) is 5.41. The SMILES string of the molecule is Cc1cc(C)cc(Cn2nc3c(cc2=O)NCCC3)c1. The summed E-state index contributed by atoms with van der Waals surface area (Å²) in [7, 11) is 0. The molecule has 1 aliphatic rings. The van der Waals surface area contributed by atoms with Gasteiger partial charge >= 0.3 is 0 Å². The largest absolute Gasteiger partial charge is 0.383 e. The fraction of sp³-hybridized carbons (Fsp3) is 0.375. The fourth-order valence-electron chi connectivity index (χ4n) is 2.79. The van der Waals surface area contributed by atoms with Crippen molar-refractivity contribution < 1.29 is 0 Å². The van der Waals surface area contributed by atoms with Gasteiger partial charge in [-0.15, -0.1) is 0 Å². The van der Waals surface area contributed by atoms with Gasteiger partial charge < -0.3 is 5.32 Å². The minimum atomic E-state index is -0.0442. The van der Waals surface area contributed by atoms with E-state index in [4.69, 9.17) is 0 Å². The van der Waals surface area contributed by atoms with E-state index in [9.17, 15) is 4.79 Å². The van der Waals surface area contributed by atoms with E-state index in [1.165, 1.54) is 11.1 Å². The lowest BCUT2D eigenvalue weighted by Gasteiger charge is -2.18. The first kappa shape index (κ1) is 12.9. The number of aryl methyl sites for hydroxylation is 3. The summed E-state index contributed by atoms with van der Waals surface area (Å²) in [6.07, 6.45) is 2.01. The molecule has 104 valence electrons. The highest BCUT2D eigenvalue weighted by atomic mass is 16.1. The molecule has 4 nitrogen and oxygen atoms in total. The molecule has 1 N–H and O–H groups in total. The zero-order valence-corrected chi connectivity index (χ0v) is 11.9. The fourth-order valence-corrected chi connectivity index (χ4v) is 2.79. The Morgan fingerprint density at radius 1 is 1.20 bits per heavy atom. The molecule has 20 heavy (non-hydrogen) atoms. The minimum absolute atomic E-state index is 0.0442. The van der Waals surface area contributed by atoms with E-state index in [1.54, 1.807) is 10.7 Å². The van der Waals surface area contributed by atoms with E-state index in [1.807, 2.05) is 0 Å². The molecule has 1 aliphatic heterocycles. The molecule has 0 spiro atoms. The molecule has 0 fully saturated rings. The van der Waals surface area contributed by atoms with Crippen LogP contribution in [0.25, 0.3) is 0 Å². The molecular formula is C16H19N3O. The molecule has 2 heterocycles. The highest BCUT2D eigenvalue weighted by molar-refractivity contribution is 5.48. The standard InChI is InChI=1S/C16H19N3O/c1-11-6-12(2)8-13(7-11)10-19-16(20)9-15-14(18-19)4-3-5-17-15/h6-9,17H,3-5,10H2,1-2H3. The second-order valence-electron chi connectivity index (χ2n) is 5.53. The van der Waals surface area contributed by atoms with E-state index in [0.29, 0.717) is 6.54 Å². The molecule has 0 saturated heterocycles. The number of nitrogens with zero attached hydrogens (tertiary/aromatic N) is 2. The van der Waals surface area contributed by atoms with Crippen LogP contribution >= 0.6 is 0 Å². The summed E-state index contributed by atoms with van der Waals surface area (Å²) in [6.45, 7) is 5.61. The number of anilines is 1. The van der Waals surface area contributed by atoms with Crippen LogP contribution in [0.15, 0.2) is 29.1 Å². The number of fused-ring (bicyclic) bond motifs is 1. The Bertz CT molecular complexity index is 683. The molecule has 0 bridgehead atoms. The quantitative estimate of drug-likeness (QED) is 0.909. The first-order valence-corrected chi connectivity index (χ1v) is 7.04. The summed E-state index contributed by atoms with van der Waals surface area (Å²) >= 11 is 0. The lowest BCUT2D eigenvalue weighted by molar-refractivity contribution is 0.607. The average molecular weight is 269 g/mol. The Hall–Kier alpha value is -2.10. The van der Waals surface area contributed by atoms with Crippen molar-refractivity contribution in [1.82, 2.24) is 9.78 Å². The van der Waals surface area contributed by atoms with Gasteiger partial charge in [-0.1, -0.05) is 29.3 Å². The number of rotatable bonds is 2. The van der Waals surface area contributed by atoms with Crippen molar-refractivity contribution in [2.75, 3.05) is 11.9 Å². The maximum Gasteiger partial charge on any atom is 0.269 e. The Morgan fingerprint density at radius 3 is 2.70 bits per heavy atom. The molecule has 3 rings (SSSR count). The van der Waals surface area contributed by atoms with Crippen LogP contribution in [-0.2, 0) is 13.0 Å². The monoisotopic (exact) mass is 269 g/mol. The van der Waals surface area contributed by atoms with Crippen LogP contribution in [-0.4, -0.2) is 16.3 Å². The number of hydrogen-bond acceptors (Lipinski definition) is 3. The molecule has 1 aromatic heterocycles. The van der Waals surface area contributed by atoms with E-state index in [0.717, 1.165) is 36.3 Å². The number of aromatic nitrogens is 2. The molecule has 4 heteroatoms. The predicted molar refractivity (Wildman–Crippen MR) is 80.3 cm³/mol. The third-order valence-corrected chi connectivity index (χ3v) is 3.59. The van der Waals surface area contributed by atoms with E-state index < -0.39 is 0 Å². The number of nitrogens with one attached hydrogen (secondary N) is 1. The van der Waals surface area contributed by atoms with E-state index >= 15 is 0 Å². The lowest BCUT2D eigenvalue weighted by Crippen LogP contribution is -2.27. The van der Waals surface area contributed by atoms with E-state index in [2.05, 4.69) is 42.5 Å². The van der Waals surface area contributed by atoms with Crippen LogP contribution in [0.1, 0.15) is 28.8 Å². The van der Waals surface area contributed by atoms with Crippen LogP contribution in [0.2, 0.25) is 0 Å². The Morgan fingerprint density at radius 2 is 1.95 bits per heavy atom. The lowest BCUT2D eigenvalue weighted by atomic mass is 10.1.